The van der Waals surface area contributed by atoms with E-state index in [0.717, 1.165) is 37.6 Å². The molecule has 22 heavy (non-hydrogen) atoms. The number of halogens is 3. The third kappa shape index (κ3) is 2.77. The summed E-state index contributed by atoms with van der Waals surface area (Å²) in [5.74, 6) is 0.658. The van der Waals surface area contributed by atoms with E-state index in [9.17, 15) is 0 Å². The van der Waals surface area contributed by atoms with Crippen molar-refractivity contribution >= 4 is 60.2 Å². The number of hydrogen-bond donors (Lipinski definition) is 1. The number of benzene rings is 2. The number of nitrogen functional groups attached to an aromatic ring is 1. The van der Waals surface area contributed by atoms with E-state index in [1.807, 2.05) is 24.3 Å². The van der Waals surface area contributed by atoms with Gasteiger partial charge in [-0.2, -0.15) is 0 Å². The number of nitrogens with zero attached hydrogens (tertiary/aromatic N) is 1. The molecule has 1 aromatic heterocycles. The zero-order valence-electron chi connectivity index (χ0n) is 11.8. The fourth-order valence-electron chi connectivity index (χ4n) is 2.37. The van der Waals surface area contributed by atoms with E-state index in [4.69, 9.17) is 21.8 Å². The quantitative estimate of drug-likeness (QED) is 0.524. The van der Waals surface area contributed by atoms with Gasteiger partial charge in [0, 0.05) is 21.5 Å². The monoisotopic (exact) mass is 442 g/mol. The molecule has 0 aliphatic heterocycles. The molecule has 0 spiro atoms. The number of rotatable bonds is 3. The highest BCUT2D eigenvalue weighted by molar-refractivity contribution is 9.11. The summed E-state index contributed by atoms with van der Waals surface area (Å²) in [7, 11) is 0. The molecule has 2 N–H and O–H groups in total. The average molecular weight is 445 g/mol. The van der Waals surface area contributed by atoms with Crippen molar-refractivity contribution in [1.82, 2.24) is 4.98 Å². The number of aromatic nitrogens is 1. The van der Waals surface area contributed by atoms with Gasteiger partial charge < -0.3 is 10.2 Å². The first kappa shape index (κ1) is 15.8. The standard InChI is InChI=1S/C16H13Br2ClN2O/c1-2-10-12(17)14(20)13(18)15-16(10)22-11(21-15)7-8-3-5-9(19)6-4-8/h3-6H,2,7,20H2,1H3. The molecule has 0 fully saturated rings. The molecule has 0 saturated carbocycles. The molecule has 0 aliphatic carbocycles. The largest absolute Gasteiger partial charge is 0.440 e. The SMILES string of the molecule is CCc1c(Br)c(N)c(Br)c2nc(Cc3ccc(Cl)cc3)oc12. The highest BCUT2D eigenvalue weighted by Gasteiger charge is 2.19. The van der Waals surface area contributed by atoms with Gasteiger partial charge in [0.05, 0.1) is 10.2 Å². The van der Waals surface area contributed by atoms with Crippen molar-refractivity contribution in [2.75, 3.05) is 5.73 Å². The summed E-state index contributed by atoms with van der Waals surface area (Å²) < 4.78 is 7.61. The lowest BCUT2D eigenvalue weighted by atomic mass is 10.1. The third-order valence-electron chi connectivity index (χ3n) is 3.51. The van der Waals surface area contributed by atoms with E-state index < -0.39 is 0 Å². The molecule has 1 heterocycles. The fraction of sp³-hybridized carbons (Fsp3) is 0.188. The van der Waals surface area contributed by atoms with Crippen molar-refractivity contribution in [3.8, 4) is 0 Å². The molecule has 2 aromatic carbocycles. The van der Waals surface area contributed by atoms with Gasteiger partial charge in [-0.05, 0) is 56.0 Å². The second kappa shape index (κ2) is 6.22. The van der Waals surface area contributed by atoms with Crippen molar-refractivity contribution < 1.29 is 4.42 Å². The van der Waals surface area contributed by atoms with Crippen LogP contribution in [0.5, 0.6) is 0 Å². The number of nitrogens with two attached hydrogens (primary N) is 1. The lowest BCUT2D eigenvalue weighted by Crippen LogP contribution is -1.94. The summed E-state index contributed by atoms with van der Waals surface area (Å²) >= 11 is 13.0. The van der Waals surface area contributed by atoms with E-state index in [-0.39, 0.29) is 0 Å². The Balaban J connectivity index is 2.09. The molecule has 0 aliphatic rings. The summed E-state index contributed by atoms with van der Waals surface area (Å²) in [4.78, 5) is 4.59. The first-order chi connectivity index (χ1) is 10.5. The summed E-state index contributed by atoms with van der Waals surface area (Å²) in [6, 6.07) is 7.66. The van der Waals surface area contributed by atoms with Gasteiger partial charge in [0.2, 0.25) is 0 Å². The van der Waals surface area contributed by atoms with Gasteiger partial charge in [0.25, 0.3) is 0 Å². The number of anilines is 1. The van der Waals surface area contributed by atoms with Gasteiger partial charge in [-0.25, -0.2) is 4.98 Å². The molecule has 0 saturated heterocycles. The van der Waals surface area contributed by atoms with Crippen LogP contribution in [0.2, 0.25) is 5.02 Å². The van der Waals surface area contributed by atoms with Gasteiger partial charge in [-0.15, -0.1) is 0 Å². The van der Waals surface area contributed by atoms with Gasteiger partial charge in [0.1, 0.15) is 5.52 Å². The summed E-state index contributed by atoms with van der Waals surface area (Å²) in [6.45, 7) is 2.06. The Labute approximate surface area is 150 Å². The maximum Gasteiger partial charge on any atom is 0.199 e. The predicted molar refractivity (Wildman–Crippen MR) is 97.5 cm³/mol. The zero-order chi connectivity index (χ0) is 15.9. The Bertz CT molecular complexity index is 844. The van der Waals surface area contributed by atoms with Crippen molar-refractivity contribution in [1.29, 1.82) is 0 Å². The first-order valence-corrected chi connectivity index (χ1v) is 8.76. The number of fused-ring (bicyclic) bond motifs is 1. The van der Waals surface area contributed by atoms with E-state index in [0.29, 0.717) is 23.0 Å². The van der Waals surface area contributed by atoms with Crippen LogP contribution in [0.25, 0.3) is 11.1 Å². The molecule has 0 amide bonds. The molecule has 0 radical (unpaired) electrons. The van der Waals surface area contributed by atoms with E-state index in [1.165, 1.54) is 0 Å². The van der Waals surface area contributed by atoms with E-state index in [2.05, 4.69) is 43.8 Å². The second-order valence-electron chi connectivity index (χ2n) is 4.96. The molecule has 6 heteroatoms. The van der Waals surface area contributed by atoms with Gasteiger partial charge in [0.15, 0.2) is 11.5 Å². The molecular formula is C16H13Br2ClN2O. The Hall–Kier alpha value is -1.04. The highest BCUT2D eigenvalue weighted by Crippen LogP contribution is 2.40. The lowest BCUT2D eigenvalue weighted by Gasteiger charge is -2.07. The van der Waals surface area contributed by atoms with Gasteiger partial charge in [-0.3, -0.25) is 0 Å². The highest BCUT2D eigenvalue weighted by atomic mass is 79.9. The average Bonchev–Trinajstić information content (AvgIpc) is 2.92. The van der Waals surface area contributed by atoms with Crippen molar-refractivity contribution in [2.24, 2.45) is 0 Å². The Kier molecular flexibility index (Phi) is 4.48. The Morgan fingerprint density at radius 3 is 2.50 bits per heavy atom. The van der Waals surface area contributed by atoms with E-state index >= 15 is 0 Å². The Morgan fingerprint density at radius 1 is 1.18 bits per heavy atom. The van der Waals surface area contributed by atoms with Crippen LogP contribution in [-0.4, -0.2) is 4.98 Å². The summed E-state index contributed by atoms with van der Waals surface area (Å²) in [5, 5.41) is 0.717. The number of aryl methyl sites for hydroxylation is 1. The minimum absolute atomic E-state index is 0.610. The molecule has 0 atom stereocenters. The van der Waals surface area contributed by atoms with Crippen LogP contribution >= 0.6 is 43.5 Å². The molecular weight excluding hydrogens is 431 g/mol. The number of hydrogen-bond acceptors (Lipinski definition) is 3. The van der Waals surface area contributed by atoms with Crippen molar-refractivity contribution in [3.05, 3.63) is 55.3 Å². The lowest BCUT2D eigenvalue weighted by molar-refractivity contribution is 0.541. The van der Waals surface area contributed by atoms with Crippen LogP contribution in [0.15, 0.2) is 37.6 Å². The fourth-order valence-corrected chi connectivity index (χ4v) is 3.89. The zero-order valence-corrected chi connectivity index (χ0v) is 15.7. The minimum atomic E-state index is 0.610. The maximum absolute atomic E-state index is 6.11. The van der Waals surface area contributed by atoms with Crippen LogP contribution < -0.4 is 5.73 Å². The van der Waals surface area contributed by atoms with Crippen LogP contribution in [0, 0.1) is 0 Å². The van der Waals surface area contributed by atoms with Crippen LogP contribution in [0.1, 0.15) is 23.9 Å². The summed E-state index contributed by atoms with van der Waals surface area (Å²) in [5.41, 5.74) is 10.4. The summed E-state index contributed by atoms with van der Waals surface area (Å²) in [6.07, 6.45) is 1.42. The van der Waals surface area contributed by atoms with Gasteiger partial charge >= 0.3 is 0 Å². The Morgan fingerprint density at radius 2 is 1.86 bits per heavy atom. The second-order valence-corrected chi connectivity index (χ2v) is 6.98. The third-order valence-corrected chi connectivity index (χ3v) is 5.47. The van der Waals surface area contributed by atoms with Gasteiger partial charge in [-0.1, -0.05) is 30.7 Å². The van der Waals surface area contributed by atoms with Crippen LogP contribution in [0.3, 0.4) is 0 Å². The van der Waals surface area contributed by atoms with Crippen molar-refractivity contribution in [3.63, 3.8) is 0 Å². The molecule has 3 nitrogen and oxygen atoms in total. The predicted octanol–water partition coefficient (Wildman–Crippen LogP) is 5.74. The normalized spacial score (nSPS) is 11.3. The smallest absolute Gasteiger partial charge is 0.199 e. The van der Waals surface area contributed by atoms with Crippen molar-refractivity contribution in [2.45, 2.75) is 19.8 Å². The molecule has 114 valence electrons. The maximum atomic E-state index is 6.11. The molecule has 3 aromatic rings. The molecule has 3 rings (SSSR count). The van der Waals surface area contributed by atoms with Crippen LogP contribution in [-0.2, 0) is 12.8 Å². The van der Waals surface area contributed by atoms with E-state index in [1.54, 1.807) is 0 Å². The topological polar surface area (TPSA) is 52.0 Å². The number of oxazole rings is 1. The first-order valence-electron chi connectivity index (χ1n) is 6.80. The molecule has 0 bridgehead atoms. The molecule has 0 unspecified atom stereocenters. The minimum Gasteiger partial charge on any atom is -0.440 e. The van der Waals surface area contributed by atoms with Crippen LogP contribution in [0.4, 0.5) is 5.69 Å².